The van der Waals surface area contributed by atoms with Crippen LogP contribution in [-0.4, -0.2) is 12.6 Å². The molecular weight excluding hydrogens is 148 g/mol. The van der Waals surface area contributed by atoms with E-state index in [9.17, 15) is 0 Å². The molecule has 62 valence electrons. The summed E-state index contributed by atoms with van der Waals surface area (Å²) in [6.07, 6.45) is 12.5. The van der Waals surface area contributed by atoms with Gasteiger partial charge in [0.25, 0.3) is 0 Å². The normalized spacial score (nSPS) is 25.6. The minimum atomic E-state index is 0.332. The van der Waals surface area contributed by atoms with E-state index in [2.05, 4.69) is 29.6 Å². The van der Waals surface area contributed by atoms with Crippen molar-refractivity contribution in [2.24, 2.45) is 5.73 Å². The predicted octanol–water partition coefficient (Wildman–Crippen LogP) is 0.853. The molecule has 2 nitrogen and oxygen atoms in total. The zero-order chi connectivity index (χ0) is 8.39. The van der Waals surface area contributed by atoms with Crippen molar-refractivity contribution in [3.63, 3.8) is 0 Å². The fraction of sp³-hybridized carbons (Fsp3) is 0.200. The molecule has 1 heterocycles. The van der Waals surface area contributed by atoms with Crippen LogP contribution in [0.5, 0.6) is 0 Å². The average molecular weight is 160 g/mol. The van der Waals surface area contributed by atoms with Crippen molar-refractivity contribution in [3.8, 4) is 0 Å². The van der Waals surface area contributed by atoms with Gasteiger partial charge in [0, 0.05) is 12.2 Å². The maximum absolute atomic E-state index is 5.52. The summed E-state index contributed by atoms with van der Waals surface area (Å²) in [5.74, 6) is 0. The molecule has 0 saturated carbocycles. The minimum Gasteiger partial charge on any atom is -0.377 e. The molecule has 0 unspecified atom stereocenters. The summed E-state index contributed by atoms with van der Waals surface area (Å²) in [4.78, 5) is 0. The zero-order valence-electron chi connectivity index (χ0n) is 6.83. The second-order valence-corrected chi connectivity index (χ2v) is 2.93. The van der Waals surface area contributed by atoms with Crippen LogP contribution in [0, 0.1) is 0 Å². The molecule has 0 amide bonds. The Bertz CT molecular complexity index is 295. The smallest absolute Gasteiger partial charge is 0.0698 e. The molecule has 0 bridgehead atoms. The van der Waals surface area contributed by atoms with Crippen molar-refractivity contribution >= 4 is 0 Å². The molecule has 0 aromatic rings. The van der Waals surface area contributed by atoms with Crippen molar-refractivity contribution in [2.75, 3.05) is 6.54 Å². The Hall–Kier alpha value is -1.28. The van der Waals surface area contributed by atoms with Gasteiger partial charge in [0.2, 0.25) is 0 Å². The van der Waals surface area contributed by atoms with E-state index in [-0.39, 0.29) is 0 Å². The van der Waals surface area contributed by atoms with Crippen LogP contribution < -0.4 is 11.1 Å². The first kappa shape index (κ1) is 7.37. The van der Waals surface area contributed by atoms with Crippen molar-refractivity contribution in [1.82, 2.24) is 5.32 Å². The third kappa shape index (κ3) is 1.21. The van der Waals surface area contributed by atoms with Crippen LogP contribution in [0.4, 0.5) is 0 Å². The Morgan fingerprint density at radius 1 is 1.33 bits per heavy atom. The van der Waals surface area contributed by atoms with Gasteiger partial charge < -0.3 is 11.1 Å². The maximum atomic E-state index is 5.52. The number of hydrogen-bond donors (Lipinski definition) is 2. The molecule has 0 aromatic heterocycles. The molecule has 2 rings (SSSR count). The topological polar surface area (TPSA) is 38.0 Å². The molecule has 0 spiro atoms. The third-order valence-electron chi connectivity index (χ3n) is 2.10. The predicted molar refractivity (Wildman–Crippen MR) is 50.4 cm³/mol. The molecule has 0 fully saturated rings. The molecular formula is C10H12N2. The van der Waals surface area contributed by atoms with Crippen molar-refractivity contribution in [3.05, 3.63) is 47.7 Å². The SMILES string of the molecule is NCC1=CC=C2C=CC=C[C@@H]2N1. The highest BCUT2D eigenvalue weighted by Gasteiger charge is 2.13. The lowest BCUT2D eigenvalue weighted by molar-refractivity contribution is 0.729. The van der Waals surface area contributed by atoms with E-state index in [1.54, 1.807) is 0 Å². The Kier molecular flexibility index (Phi) is 1.84. The molecule has 0 aromatic carbocycles. The molecule has 0 radical (unpaired) electrons. The van der Waals surface area contributed by atoms with Crippen molar-refractivity contribution < 1.29 is 0 Å². The van der Waals surface area contributed by atoms with Crippen molar-refractivity contribution in [2.45, 2.75) is 6.04 Å². The zero-order valence-corrected chi connectivity index (χ0v) is 6.83. The fourth-order valence-corrected chi connectivity index (χ4v) is 1.42. The first-order chi connectivity index (χ1) is 5.90. The van der Waals surface area contributed by atoms with Crippen LogP contribution in [0.15, 0.2) is 47.7 Å². The summed E-state index contributed by atoms with van der Waals surface area (Å²) >= 11 is 0. The number of rotatable bonds is 1. The quantitative estimate of drug-likeness (QED) is 0.597. The standard InChI is InChI=1S/C10H12N2/c11-7-9-6-5-8-3-1-2-4-10(8)12-9/h1-6,10,12H,7,11H2/t10-/m0/s1. The molecule has 1 aliphatic carbocycles. The Morgan fingerprint density at radius 3 is 3.08 bits per heavy atom. The molecule has 3 N–H and O–H groups in total. The van der Waals surface area contributed by atoms with Gasteiger partial charge in [-0.05, 0) is 11.6 Å². The van der Waals surface area contributed by atoms with E-state index in [1.807, 2.05) is 12.2 Å². The van der Waals surface area contributed by atoms with Gasteiger partial charge in [-0.25, -0.2) is 0 Å². The Morgan fingerprint density at radius 2 is 2.25 bits per heavy atom. The molecule has 0 saturated heterocycles. The highest BCUT2D eigenvalue weighted by molar-refractivity contribution is 5.42. The minimum absolute atomic E-state index is 0.332. The summed E-state index contributed by atoms with van der Waals surface area (Å²) < 4.78 is 0. The van der Waals surface area contributed by atoms with Gasteiger partial charge in [0.05, 0.1) is 6.04 Å². The molecule has 2 heteroatoms. The average Bonchev–Trinajstić information content (AvgIpc) is 2.17. The third-order valence-corrected chi connectivity index (χ3v) is 2.10. The lowest BCUT2D eigenvalue weighted by Crippen LogP contribution is -2.33. The highest BCUT2D eigenvalue weighted by Crippen LogP contribution is 2.16. The first-order valence-corrected chi connectivity index (χ1v) is 4.12. The van der Waals surface area contributed by atoms with Gasteiger partial charge in [0.1, 0.15) is 0 Å². The number of allylic oxidation sites excluding steroid dienone is 4. The van der Waals surface area contributed by atoms with Crippen LogP contribution in [0.2, 0.25) is 0 Å². The van der Waals surface area contributed by atoms with Gasteiger partial charge in [-0.15, -0.1) is 0 Å². The lowest BCUT2D eigenvalue weighted by Gasteiger charge is -2.24. The van der Waals surface area contributed by atoms with E-state index in [0.29, 0.717) is 12.6 Å². The second-order valence-electron chi connectivity index (χ2n) is 2.93. The summed E-state index contributed by atoms with van der Waals surface area (Å²) in [6.45, 7) is 0.581. The van der Waals surface area contributed by atoms with E-state index in [0.717, 1.165) is 5.70 Å². The van der Waals surface area contributed by atoms with Crippen LogP contribution >= 0.6 is 0 Å². The van der Waals surface area contributed by atoms with E-state index in [4.69, 9.17) is 5.73 Å². The molecule has 2 aliphatic rings. The maximum Gasteiger partial charge on any atom is 0.0698 e. The van der Waals surface area contributed by atoms with Crippen LogP contribution in [0.25, 0.3) is 0 Å². The second kappa shape index (κ2) is 2.99. The highest BCUT2D eigenvalue weighted by atomic mass is 14.9. The van der Waals surface area contributed by atoms with E-state index >= 15 is 0 Å². The number of dihydropyridines is 1. The van der Waals surface area contributed by atoms with Gasteiger partial charge in [0.15, 0.2) is 0 Å². The monoisotopic (exact) mass is 160 g/mol. The van der Waals surface area contributed by atoms with E-state index < -0.39 is 0 Å². The lowest BCUT2D eigenvalue weighted by atomic mass is 9.98. The van der Waals surface area contributed by atoms with Gasteiger partial charge >= 0.3 is 0 Å². The van der Waals surface area contributed by atoms with Crippen LogP contribution in [0.1, 0.15) is 0 Å². The molecule has 12 heavy (non-hydrogen) atoms. The number of hydrogen-bond acceptors (Lipinski definition) is 2. The number of nitrogens with one attached hydrogen (secondary N) is 1. The van der Waals surface area contributed by atoms with E-state index in [1.165, 1.54) is 5.57 Å². The van der Waals surface area contributed by atoms with Crippen LogP contribution in [-0.2, 0) is 0 Å². The number of fused-ring (bicyclic) bond motifs is 1. The summed E-state index contributed by atoms with van der Waals surface area (Å²) in [6, 6.07) is 0.332. The fourth-order valence-electron chi connectivity index (χ4n) is 1.42. The van der Waals surface area contributed by atoms with Gasteiger partial charge in [-0.3, -0.25) is 0 Å². The summed E-state index contributed by atoms with van der Waals surface area (Å²) in [5, 5.41) is 3.33. The summed E-state index contributed by atoms with van der Waals surface area (Å²) in [7, 11) is 0. The first-order valence-electron chi connectivity index (χ1n) is 4.12. The Labute approximate surface area is 72.1 Å². The Balaban J connectivity index is 2.25. The van der Waals surface area contributed by atoms with Crippen LogP contribution in [0.3, 0.4) is 0 Å². The summed E-state index contributed by atoms with van der Waals surface area (Å²) in [5.41, 5.74) is 7.92. The number of nitrogens with two attached hydrogens (primary N) is 1. The van der Waals surface area contributed by atoms with Crippen molar-refractivity contribution in [1.29, 1.82) is 0 Å². The molecule has 1 atom stereocenters. The molecule has 1 aliphatic heterocycles. The largest absolute Gasteiger partial charge is 0.377 e. The van der Waals surface area contributed by atoms with Gasteiger partial charge in [-0.1, -0.05) is 30.4 Å². The van der Waals surface area contributed by atoms with Gasteiger partial charge in [-0.2, -0.15) is 0 Å².